The van der Waals surface area contributed by atoms with Crippen molar-refractivity contribution in [2.45, 2.75) is 25.4 Å². The largest absolute Gasteiger partial charge is 0.274 e. The molecule has 2 aromatic rings. The summed E-state index contributed by atoms with van der Waals surface area (Å²) in [5.74, 6) is -0.627. The second-order valence-electron chi connectivity index (χ2n) is 7.49. The highest BCUT2D eigenvalue weighted by Crippen LogP contribution is 2.48. The van der Waals surface area contributed by atoms with Gasteiger partial charge in [-0.2, -0.15) is 0 Å². The number of halogens is 1. The molecule has 3 heterocycles. The van der Waals surface area contributed by atoms with E-state index in [1.165, 1.54) is 10.5 Å². The van der Waals surface area contributed by atoms with Crippen molar-refractivity contribution in [3.05, 3.63) is 64.7 Å². The van der Waals surface area contributed by atoms with Gasteiger partial charge >= 0.3 is 0 Å². The predicted octanol–water partition coefficient (Wildman–Crippen LogP) is 3.18. The Labute approximate surface area is 163 Å². The van der Waals surface area contributed by atoms with Gasteiger partial charge in [-0.15, -0.1) is 0 Å². The van der Waals surface area contributed by atoms with Gasteiger partial charge in [0, 0.05) is 18.1 Å². The molecule has 27 heavy (non-hydrogen) atoms. The van der Waals surface area contributed by atoms with Crippen LogP contribution in [0.2, 0.25) is 5.02 Å². The highest BCUT2D eigenvalue weighted by molar-refractivity contribution is 6.31. The van der Waals surface area contributed by atoms with Crippen LogP contribution in [0.1, 0.15) is 23.6 Å². The van der Waals surface area contributed by atoms with Crippen molar-refractivity contribution in [1.29, 1.82) is 0 Å². The monoisotopic (exact) mass is 381 g/mol. The Morgan fingerprint density at radius 2 is 1.48 bits per heavy atom. The molecular weight excluding hydrogens is 362 g/mol. The number of nitrogens with zero attached hydrogens (tertiary/aromatic N) is 3. The van der Waals surface area contributed by atoms with Crippen molar-refractivity contribution in [3.8, 4) is 0 Å². The van der Waals surface area contributed by atoms with Gasteiger partial charge in [0.2, 0.25) is 5.91 Å². The molecule has 0 aromatic heterocycles. The molecule has 0 saturated carbocycles. The molecule has 3 atom stereocenters. The number of carbonyl (C=O) groups is 2. The number of aryl methyl sites for hydroxylation is 1. The second-order valence-corrected chi connectivity index (χ2v) is 7.93. The first-order chi connectivity index (χ1) is 13.1. The first-order valence-corrected chi connectivity index (χ1v) is 9.67. The van der Waals surface area contributed by atoms with Crippen LogP contribution in [0.3, 0.4) is 0 Å². The summed E-state index contributed by atoms with van der Waals surface area (Å²) in [6.45, 7) is 3.75. The maximum Gasteiger partial charge on any atom is 0.253 e. The Hall–Kier alpha value is -2.21. The highest BCUT2D eigenvalue weighted by atomic mass is 35.5. The van der Waals surface area contributed by atoms with Crippen molar-refractivity contribution >= 4 is 29.1 Å². The van der Waals surface area contributed by atoms with E-state index in [0.29, 0.717) is 10.7 Å². The molecule has 0 unspecified atom stereocenters. The van der Waals surface area contributed by atoms with Crippen LogP contribution in [-0.2, 0) is 9.59 Å². The Morgan fingerprint density at radius 3 is 2.15 bits per heavy atom. The van der Waals surface area contributed by atoms with E-state index in [4.69, 9.17) is 11.6 Å². The summed E-state index contributed by atoms with van der Waals surface area (Å²) >= 11 is 5.97. The van der Waals surface area contributed by atoms with E-state index >= 15 is 0 Å². The fraction of sp³-hybridized carbons (Fsp3) is 0.333. The Morgan fingerprint density at radius 1 is 0.852 bits per heavy atom. The number of carbonyl (C=O) groups excluding carboxylic acids is 2. The standard InChI is InChI=1S/C21H20ClN3O2/c1-13-3-5-14(6-4-13)18-17-19(24-12-2-11-23(18)24)21(27)25(20(17)26)16-9-7-15(22)8-10-16/h3-10,17-19H,2,11-12H2,1H3/t17-,18+,19+/m1/s1. The number of hydrazine groups is 1. The molecule has 0 N–H and O–H groups in total. The second kappa shape index (κ2) is 6.16. The zero-order valence-corrected chi connectivity index (χ0v) is 15.8. The molecule has 0 aliphatic carbocycles. The van der Waals surface area contributed by atoms with Gasteiger partial charge in [-0.25, -0.2) is 14.9 Å². The third-order valence-electron chi connectivity index (χ3n) is 5.91. The summed E-state index contributed by atoms with van der Waals surface area (Å²) in [4.78, 5) is 28.0. The maximum atomic E-state index is 13.4. The molecule has 138 valence electrons. The van der Waals surface area contributed by atoms with Crippen molar-refractivity contribution in [3.63, 3.8) is 0 Å². The molecule has 0 bridgehead atoms. The lowest BCUT2D eigenvalue weighted by Gasteiger charge is -2.29. The van der Waals surface area contributed by atoms with Gasteiger partial charge in [0.15, 0.2) is 0 Å². The summed E-state index contributed by atoms with van der Waals surface area (Å²) in [6.07, 6.45) is 1.01. The molecule has 0 spiro atoms. The van der Waals surface area contributed by atoms with E-state index < -0.39 is 6.04 Å². The van der Waals surface area contributed by atoms with Crippen LogP contribution in [0.15, 0.2) is 48.5 Å². The van der Waals surface area contributed by atoms with E-state index in [1.807, 2.05) is 0 Å². The summed E-state index contributed by atoms with van der Waals surface area (Å²) < 4.78 is 0. The maximum absolute atomic E-state index is 13.4. The quantitative estimate of drug-likeness (QED) is 0.749. The number of anilines is 1. The zero-order chi connectivity index (χ0) is 18.7. The van der Waals surface area contributed by atoms with Crippen LogP contribution >= 0.6 is 11.6 Å². The SMILES string of the molecule is Cc1ccc([C@H]2[C@H]3C(=O)N(c4ccc(Cl)cc4)C(=O)[C@H]3N3CCCN23)cc1. The minimum atomic E-state index is -0.415. The zero-order valence-electron chi connectivity index (χ0n) is 15.0. The van der Waals surface area contributed by atoms with Gasteiger partial charge in [0.1, 0.15) is 6.04 Å². The van der Waals surface area contributed by atoms with Gasteiger partial charge in [-0.1, -0.05) is 41.4 Å². The van der Waals surface area contributed by atoms with Crippen molar-refractivity contribution in [1.82, 2.24) is 10.0 Å². The molecule has 2 aromatic carbocycles. The fourth-order valence-corrected chi connectivity index (χ4v) is 4.85. The average Bonchev–Trinajstić information content (AvgIpc) is 3.30. The van der Waals surface area contributed by atoms with Crippen LogP contribution in [0, 0.1) is 12.8 Å². The van der Waals surface area contributed by atoms with Crippen molar-refractivity contribution in [2.24, 2.45) is 5.92 Å². The van der Waals surface area contributed by atoms with Crippen LogP contribution in [0.5, 0.6) is 0 Å². The third-order valence-corrected chi connectivity index (χ3v) is 6.16. The van der Waals surface area contributed by atoms with Gasteiger partial charge in [0.05, 0.1) is 17.6 Å². The first-order valence-electron chi connectivity index (χ1n) is 9.29. The first kappa shape index (κ1) is 16.9. The van der Waals surface area contributed by atoms with E-state index in [2.05, 4.69) is 41.2 Å². The predicted molar refractivity (Wildman–Crippen MR) is 103 cm³/mol. The molecule has 5 rings (SSSR count). The number of rotatable bonds is 2. The highest BCUT2D eigenvalue weighted by Gasteiger charge is 2.62. The van der Waals surface area contributed by atoms with E-state index in [-0.39, 0.29) is 23.8 Å². The fourth-order valence-electron chi connectivity index (χ4n) is 4.72. The minimum Gasteiger partial charge on any atom is -0.274 e. The van der Waals surface area contributed by atoms with Gasteiger partial charge in [-0.3, -0.25) is 9.59 Å². The Kier molecular flexibility index (Phi) is 3.86. The summed E-state index contributed by atoms with van der Waals surface area (Å²) in [7, 11) is 0. The summed E-state index contributed by atoms with van der Waals surface area (Å²) in [5.41, 5.74) is 2.87. The smallest absolute Gasteiger partial charge is 0.253 e. The Balaban J connectivity index is 1.57. The average molecular weight is 382 g/mol. The molecule has 3 fully saturated rings. The lowest BCUT2D eigenvalue weighted by Crippen LogP contribution is -2.44. The molecule has 3 saturated heterocycles. The van der Waals surface area contributed by atoms with Gasteiger partial charge in [-0.05, 0) is 43.2 Å². The van der Waals surface area contributed by atoms with Gasteiger partial charge in [0.25, 0.3) is 5.91 Å². The molecule has 2 amide bonds. The number of fused-ring (bicyclic) bond motifs is 3. The van der Waals surface area contributed by atoms with E-state index in [1.54, 1.807) is 24.3 Å². The number of imide groups is 1. The lowest BCUT2D eigenvalue weighted by molar-refractivity contribution is -0.126. The van der Waals surface area contributed by atoms with E-state index in [0.717, 1.165) is 25.1 Å². The van der Waals surface area contributed by atoms with Crippen LogP contribution in [-0.4, -0.2) is 41.0 Å². The number of amides is 2. The summed E-state index contributed by atoms with van der Waals surface area (Å²) in [6, 6.07) is 14.7. The van der Waals surface area contributed by atoms with Crippen LogP contribution < -0.4 is 4.90 Å². The number of benzene rings is 2. The molecular formula is C21H20ClN3O2. The minimum absolute atomic E-state index is 0.0909. The van der Waals surface area contributed by atoms with Gasteiger partial charge < -0.3 is 0 Å². The lowest BCUT2D eigenvalue weighted by atomic mass is 9.89. The van der Waals surface area contributed by atoms with E-state index in [9.17, 15) is 9.59 Å². The number of hydrogen-bond acceptors (Lipinski definition) is 4. The number of hydrogen-bond donors (Lipinski definition) is 0. The van der Waals surface area contributed by atoms with Crippen LogP contribution in [0.4, 0.5) is 5.69 Å². The molecule has 5 nitrogen and oxygen atoms in total. The summed E-state index contributed by atoms with van der Waals surface area (Å²) in [5, 5.41) is 4.93. The molecule has 3 aliphatic heterocycles. The van der Waals surface area contributed by atoms with Crippen LogP contribution in [0.25, 0.3) is 0 Å². The third kappa shape index (κ3) is 2.46. The molecule has 0 radical (unpaired) electrons. The van der Waals surface area contributed by atoms with Crippen molar-refractivity contribution in [2.75, 3.05) is 18.0 Å². The molecule has 6 heteroatoms. The Bertz CT molecular complexity index is 912. The topological polar surface area (TPSA) is 43.9 Å². The van der Waals surface area contributed by atoms with Crippen molar-refractivity contribution < 1.29 is 9.59 Å². The normalized spacial score (nSPS) is 28.1. The molecule has 3 aliphatic rings.